The summed E-state index contributed by atoms with van der Waals surface area (Å²) in [5.74, 6) is -1.84. The molecule has 1 saturated heterocycles. The minimum atomic E-state index is -4.38. The molecule has 0 aliphatic carbocycles. The monoisotopic (exact) mass is 590 g/mol. The van der Waals surface area contributed by atoms with E-state index in [1.54, 1.807) is 48.5 Å². The molecule has 13 nitrogen and oxygen atoms in total. The summed E-state index contributed by atoms with van der Waals surface area (Å²) in [6, 6.07) is 15.9. The summed E-state index contributed by atoms with van der Waals surface area (Å²) in [7, 11) is -4.38. The molecule has 3 aromatic rings. The van der Waals surface area contributed by atoms with E-state index in [-0.39, 0.29) is 11.6 Å². The molecule has 1 aliphatic rings. The van der Waals surface area contributed by atoms with Gasteiger partial charge in [0, 0.05) is 11.8 Å². The zero-order chi connectivity index (χ0) is 29.8. The van der Waals surface area contributed by atoms with E-state index >= 15 is 4.39 Å². The number of aromatic nitrogens is 2. The summed E-state index contributed by atoms with van der Waals surface area (Å²) in [6.45, 7) is 1.52. The van der Waals surface area contributed by atoms with Crippen molar-refractivity contribution in [1.82, 2.24) is 14.6 Å². The number of nitrogens with zero attached hydrogens (tertiary/aromatic N) is 2. The molecule has 2 aromatic carbocycles. The van der Waals surface area contributed by atoms with Crippen LogP contribution in [-0.2, 0) is 18.6 Å². The Kier molecular flexibility index (Phi) is 9.00. The van der Waals surface area contributed by atoms with Crippen molar-refractivity contribution in [3.63, 3.8) is 0 Å². The zero-order valence-electron chi connectivity index (χ0n) is 21.9. The Labute approximate surface area is 233 Å². The smallest absolute Gasteiger partial charge is 0.459 e. The molecule has 1 aromatic heterocycles. The molecule has 15 heteroatoms. The van der Waals surface area contributed by atoms with E-state index in [1.807, 2.05) is 0 Å². The molecule has 1 unspecified atom stereocenters. The van der Waals surface area contributed by atoms with Crippen LogP contribution in [0.3, 0.4) is 0 Å². The van der Waals surface area contributed by atoms with Crippen molar-refractivity contribution in [2.24, 2.45) is 0 Å². The van der Waals surface area contributed by atoms with Gasteiger partial charge in [-0.05, 0) is 44.2 Å². The number of amides is 1. The van der Waals surface area contributed by atoms with Gasteiger partial charge in [0.2, 0.25) is 0 Å². The Bertz CT molecular complexity index is 1490. The second kappa shape index (κ2) is 12.3. The Balaban J connectivity index is 1.49. The Morgan fingerprint density at radius 2 is 1.80 bits per heavy atom. The van der Waals surface area contributed by atoms with Crippen molar-refractivity contribution >= 4 is 25.4 Å². The molecule has 0 spiro atoms. The van der Waals surface area contributed by atoms with Crippen LogP contribution in [0.25, 0.3) is 0 Å². The topological polar surface area (TPSA) is 178 Å². The van der Waals surface area contributed by atoms with Crippen molar-refractivity contribution in [2.75, 3.05) is 11.9 Å². The number of aliphatic hydroxyl groups is 1. The van der Waals surface area contributed by atoms with Crippen molar-refractivity contribution in [1.29, 1.82) is 0 Å². The highest BCUT2D eigenvalue weighted by molar-refractivity contribution is 7.52. The third-order valence-electron chi connectivity index (χ3n) is 6.18. The lowest BCUT2D eigenvalue weighted by Gasteiger charge is -2.25. The quantitative estimate of drug-likeness (QED) is 0.241. The highest BCUT2D eigenvalue weighted by atomic mass is 31.2. The number of carboxylic acids is 1. The third kappa shape index (κ3) is 7.04. The van der Waals surface area contributed by atoms with E-state index in [4.69, 9.17) is 13.8 Å². The van der Waals surface area contributed by atoms with Crippen LogP contribution in [0.5, 0.6) is 5.75 Å². The van der Waals surface area contributed by atoms with Gasteiger partial charge in [0.25, 0.3) is 5.91 Å². The Hall–Kier alpha value is -3.94. The van der Waals surface area contributed by atoms with Gasteiger partial charge >= 0.3 is 19.4 Å². The maximum atomic E-state index is 15.7. The van der Waals surface area contributed by atoms with Gasteiger partial charge in [-0.1, -0.05) is 36.4 Å². The van der Waals surface area contributed by atoms with Gasteiger partial charge in [-0.3, -0.25) is 18.7 Å². The van der Waals surface area contributed by atoms with Gasteiger partial charge < -0.3 is 24.8 Å². The van der Waals surface area contributed by atoms with E-state index in [0.717, 1.165) is 17.7 Å². The van der Waals surface area contributed by atoms with E-state index in [0.29, 0.717) is 5.56 Å². The molecule has 2 heterocycles. The number of carbonyl (C=O) groups is 2. The molecule has 41 heavy (non-hydrogen) atoms. The van der Waals surface area contributed by atoms with Gasteiger partial charge in [-0.15, -0.1) is 0 Å². The van der Waals surface area contributed by atoms with Gasteiger partial charge in [-0.25, -0.2) is 13.8 Å². The fourth-order valence-electron chi connectivity index (χ4n) is 3.96. The average molecular weight is 591 g/mol. The summed E-state index contributed by atoms with van der Waals surface area (Å²) in [5, 5.41) is 24.7. The summed E-state index contributed by atoms with van der Waals surface area (Å²) in [6.07, 6.45) is -3.84. The predicted molar refractivity (Wildman–Crippen MR) is 143 cm³/mol. The number of rotatable bonds is 11. The lowest BCUT2D eigenvalue weighted by molar-refractivity contribution is -0.138. The van der Waals surface area contributed by atoms with Crippen LogP contribution in [0.2, 0.25) is 0 Å². The van der Waals surface area contributed by atoms with Crippen molar-refractivity contribution in [3.8, 4) is 5.75 Å². The lowest BCUT2D eigenvalue weighted by Crippen LogP contribution is -2.43. The molecular formula is C26H28FN4O9P. The van der Waals surface area contributed by atoms with Crippen molar-refractivity contribution in [3.05, 3.63) is 89.0 Å². The number of carboxylic acid groups (broad SMARTS) is 1. The fraction of sp³-hybridized carbons (Fsp3) is 0.308. The summed E-state index contributed by atoms with van der Waals surface area (Å²) in [5.41, 5.74) is -3.19. The van der Waals surface area contributed by atoms with E-state index in [9.17, 15) is 29.2 Å². The second-order valence-corrected chi connectivity index (χ2v) is 11.0. The SMILES string of the molecule is C[C@H](NP(=O)(OC[C@H]1O[C@@H](n2ccc(NC(=O)c3ccccc3)nc2=O)[C@](C)(F)[C@@H]1O)Oc1ccccc1)C(=O)O. The fourth-order valence-corrected chi connectivity index (χ4v) is 5.47. The predicted octanol–water partition coefficient (Wildman–Crippen LogP) is 2.75. The molecule has 0 saturated carbocycles. The average Bonchev–Trinajstić information content (AvgIpc) is 3.16. The molecule has 1 fully saturated rings. The number of para-hydroxylation sites is 1. The van der Waals surface area contributed by atoms with Gasteiger partial charge in [0.15, 0.2) is 11.9 Å². The first-order valence-corrected chi connectivity index (χ1v) is 13.9. The second-order valence-electron chi connectivity index (χ2n) is 9.33. The number of nitrogens with one attached hydrogen (secondary N) is 2. The Morgan fingerprint density at radius 1 is 1.17 bits per heavy atom. The number of benzene rings is 2. The maximum Gasteiger partial charge on any atom is 0.459 e. The maximum absolute atomic E-state index is 15.7. The minimum absolute atomic E-state index is 0.0864. The van der Waals surface area contributed by atoms with Crippen LogP contribution in [0.15, 0.2) is 77.7 Å². The molecule has 0 bridgehead atoms. The number of aliphatic hydroxyl groups excluding tert-OH is 1. The van der Waals surface area contributed by atoms with Gasteiger partial charge in [0.05, 0.1) is 6.61 Å². The number of halogens is 1. The van der Waals surface area contributed by atoms with Crippen LogP contribution in [0.1, 0.15) is 30.4 Å². The minimum Gasteiger partial charge on any atom is -0.480 e. The highest BCUT2D eigenvalue weighted by Crippen LogP contribution is 2.47. The number of carbonyl (C=O) groups excluding carboxylic acids is 1. The number of alkyl halides is 1. The van der Waals surface area contributed by atoms with Gasteiger partial charge in [-0.2, -0.15) is 10.1 Å². The first-order valence-electron chi connectivity index (χ1n) is 12.4. The summed E-state index contributed by atoms with van der Waals surface area (Å²) < 4.78 is 46.3. The summed E-state index contributed by atoms with van der Waals surface area (Å²) in [4.78, 5) is 40.2. The van der Waals surface area contributed by atoms with Crippen LogP contribution in [-0.4, -0.2) is 62.2 Å². The van der Waals surface area contributed by atoms with E-state index < -0.39 is 62.1 Å². The molecule has 0 radical (unpaired) electrons. The number of aliphatic carboxylic acids is 1. The van der Waals surface area contributed by atoms with Crippen molar-refractivity contribution < 1.29 is 42.5 Å². The van der Waals surface area contributed by atoms with Crippen LogP contribution in [0, 0.1) is 0 Å². The van der Waals surface area contributed by atoms with E-state index in [2.05, 4.69) is 15.4 Å². The molecule has 1 amide bonds. The standard InChI is InChI=1S/C26H28FN4O9P/c1-16(23(34)35)30-41(37,40-18-11-7-4-8-12-18)38-15-19-21(32)26(2,27)24(39-19)31-14-13-20(29-25(31)36)28-22(33)17-9-5-3-6-10-17/h3-14,16,19,21,24,32H,15H2,1-2H3,(H,30,37)(H,34,35)(H,28,29,33,36)/t16-,19+,21+,24+,26+,41?/m0/s1. The third-order valence-corrected chi connectivity index (χ3v) is 7.82. The lowest BCUT2D eigenvalue weighted by atomic mass is 9.98. The van der Waals surface area contributed by atoms with Gasteiger partial charge in [0.1, 0.15) is 29.8 Å². The first-order chi connectivity index (χ1) is 19.4. The molecule has 6 atom stereocenters. The van der Waals surface area contributed by atoms with E-state index in [1.165, 1.54) is 25.1 Å². The number of hydrogen-bond donors (Lipinski definition) is 4. The molecule has 218 valence electrons. The van der Waals surface area contributed by atoms with Crippen molar-refractivity contribution in [2.45, 2.75) is 44.0 Å². The largest absolute Gasteiger partial charge is 0.480 e. The molecular weight excluding hydrogens is 562 g/mol. The number of hydrogen-bond acceptors (Lipinski definition) is 9. The number of anilines is 1. The molecule has 4 rings (SSSR count). The molecule has 4 N–H and O–H groups in total. The first kappa shape index (κ1) is 30.0. The number of ether oxygens (including phenoxy) is 1. The molecule has 1 aliphatic heterocycles. The van der Waals surface area contributed by atoms with Crippen LogP contribution >= 0.6 is 7.75 Å². The van der Waals surface area contributed by atoms with Crippen LogP contribution < -0.4 is 20.6 Å². The normalized spacial score (nSPS) is 24.2. The Morgan fingerprint density at radius 3 is 2.41 bits per heavy atom. The van der Waals surface area contributed by atoms with Crippen LogP contribution in [0.4, 0.5) is 10.2 Å². The zero-order valence-corrected chi connectivity index (χ0v) is 22.8. The summed E-state index contributed by atoms with van der Waals surface area (Å²) >= 11 is 0. The highest BCUT2D eigenvalue weighted by Gasteiger charge is 2.56.